The number of thiazole rings is 1. The lowest BCUT2D eigenvalue weighted by Crippen LogP contribution is -2.46. The van der Waals surface area contributed by atoms with E-state index in [9.17, 15) is 0 Å². The van der Waals surface area contributed by atoms with Crippen molar-refractivity contribution in [2.75, 3.05) is 51.3 Å². The molecule has 0 atom stereocenters. The van der Waals surface area contributed by atoms with Gasteiger partial charge in [-0.1, -0.05) is 12.8 Å². The van der Waals surface area contributed by atoms with E-state index >= 15 is 0 Å². The molecule has 1 aliphatic heterocycles. The van der Waals surface area contributed by atoms with Gasteiger partial charge >= 0.3 is 0 Å². The predicted molar refractivity (Wildman–Crippen MR) is 108 cm³/mol. The van der Waals surface area contributed by atoms with E-state index < -0.39 is 0 Å². The highest BCUT2D eigenvalue weighted by Gasteiger charge is 2.17. The second-order valence-corrected chi connectivity index (χ2v) is 7.45. The molecule has 1 aliphatic rings. The van der Waals surface area contributed by atoms with Gasteiger partial charge in [-0.05, 0) is 43.7 Å². The van der Waals surface area contributed by atoms with Gasteiger partial charge in [-0.2, -0.15) is 0 Å². The van der Waals surface area contributed by atoms with Crippen molar-refractivity contribution in [2.24, 2.45) is 0 Å². The van der Waals surface area contributed by atoms with Crippen LogP contribution in [0.25, 0.3) is 0 Å². The number of piperazine rings is 1. The normalized spacial score (nSPS) is 15.2. The Morgan fingerprint density at radius 1 is 0.962 bits per heavy atom. The highest BCUT2D eigenvalue weighted by Crippen LogP contribution is 2.19. The minimum Gasteiger partial charge on any atom is -0.497 e. The molecular formula is C20H29N3O2S. The fourth-order valence-electron chi connectivity index (χ4n) is 3.19. The Hall–Kier alpha value is -1.79. The van der Waals surface area contributed by atoms with Gasteiger partial charge in [0.05, 0.1) is 13.7 Å². The van der Waals surface area contributed by atoms with Crippen LogP contribution in [0.1, 0.15) is 25.7 Å². The van der Waals surface area contributed by atoms with Gasteiger partial charge < -0.3 is 14.4 Å². The van der Waals surface area contributed by atoms with Gasteiger partial charge in [-0.3, -0.25) is 4.90 Å². The van der Waals surface area contributed by atoms with Crippen LogP contribution in [0.4, 0.5) is 5.13 Å². The van der Waals surface area contributed by atoms with Gasteiger partial charge in [-0.25, -0.2) is 4.98 Å². The third-order valence-electron chi connectivity index (χ3n) is 4.76. The van der Waals surface area contributed by atoms with Gasteiger partial charge in [0.25, 0.3) is 0 Å². The molecule has 1 fully saturated rings. The topological polar surface area (TPSA) is 37.8 Å². The lowest BCUT2D eigenvalue weighted by Gasteiger charge is -2.34. The summed E-state index contributed by atoms with van der Waals surface area (Å²) in [4.78, 5) is 9.39. The standard InChI is InChI=1S/C20H29N3O2S/c1-24-18-6-8-19(9-7-18)25-16-5-3-2-4-11-22-12-14-23(15-13-22)20-21-10-17-26-20/h6-10,17H,2-5,11-16H2,1H3. The van der Waals surface area contributed by atoms with E-state index in [2.05, 4.69) is 20.2 Å². The van der Waals surface area contributed by atoms with Crippen LogP contribution >= 0.6 is 11.3 Å². The van der Waals surface area contributed by atoms with E-state index in [1.165, 1.54) is 30.9 Å². The second-order valence-electron chi connectivity index (χ2n) is 6.58. The summed E-state index contributed by atoms with van der Waals surface area (Å²) in [5.41, 5.74) is 0. The first-order valence-corrected chi connectivity index (χ1v) is 10.4. The maximum atomic E-state index is 5.77. The summed E-state index contributed by atoms with van der Waals surface area (Å²) in [6, 6.07) is 7.79. The third-order valence-corrected chi connectivity index (χ3v) is 5.59. The van der Waals surface area contributed by atoms with Gasteiger partial charge in [0.1, 0.15) is 11.5 Å². The Bertz CT molecular complexity index is 610. The number of unbranched alkanes of at least 4 members (excludes halogenated alkanes) is 3. The number of benzene rings is 1. The SMILES string of the molecule is COc1ccc(OCCCCCCN2CCN(c3nccs3)CC2)cc1. The van der Waals surface area contributed by atoms with E-state index in [0.29, 0.717) is 0 Å². The molecule has 3 rings (SSSR count). The van der Waals surface area contributed by atoms with Crippen LogP contribution in [0.5, 0.6) is 11.5 Å². The average molecular weight is 376 g/mol. The Morgan fingerprint density at radius 3 is 2.38 bits per heavy atom. The average Bonchev–Trinajstić information content (AvgIpc) is 3.23. The fourth-order valence-corrected chi connectivity index (χ4v) is 3.88. The molecule has 0 N–H and O–H groups in total. The molecular weight excluding hydrogens is 346 g/mol. The van der Waals surface area contributed by atoms with Crippen molar-refractivity contribution in [1.29, 1.82) is 0 Å². The molecule has 0 amide bonds. The van der Waals surface area contributed by atoms with Crippen LogP contribution in [-0.2, 0) is 0 Å². The summed E-state index contributed by atoms with van der Waals surface area (Å²) in [6.45, 7) is 6.51. The Morgan fingerprint density at radius 2 is 1.69 bits per heavy atom. The molecule has 0 aliphatic carbocycles. The fraction of sp³-hybridized carbons (Fsp3) is 0.550. The lowest BCUT2D eigenvalue weighted by molar-refractivity contribution is 0.249. The van der Waals surface area contributed by atoms with Gasteiger partial charge in [-0.15, -0.1) is 11.3 Å². The number of anilines is 1. The van der Waals surface area contributed by atoms with Crippen molar-refractivity contribution in [2.45, 2.75) is 25.7 Å². The molecule has 0 saturated carbocycles. The lowest BCUT2D eigenvalue weighted by atomic mass is 10.2. The third kappa shape index (κ3) is 5.88. The van der Waals surface area contributed by atoms with Crippen molar-refractivity contribution in [3.63, 3.8) is 0 Å². The molecule has 6 heteroatoms. The summed E-state index contributed by atoms with van der Waals surface area (Å²) in [7, 11) is 1.68. The zero-order valence-electron chi connectivity index (χ0n) is 15.6. The molecule has 0 radical (unpaired) electrons. The molecule has 1 saturated heterocycles. The number of rotatable bonds is 10. The summed E-state index contributed by atoms with van der Waals surface area (Å²) in [5.74, 6) is 1.79. The number of hydrogen-bond donors (Lipinski definition) is 0. The smallest absolute Gasteiger partial charge is 0.185 e. The maximum absolute atomic E-state index is 5.77. The molecule has 0 spiro atoms. The van der Waals surface area contributed by atoms with Gasteiger partial charge in [0.2, 0.25) is 0 Å². The van der Waals surface area contributed by atoms with Crippen molar-refractivity contribution in [3.8, 4) is 11.5 Å². The molecule has 26 heavy (non-hydrogen) atoms. The molecule has 2 heterocycles. The van der Waals surface area contributed by atoms with Crippen molar-refractivity contribution in [3.05, 3.63) is 35.8 Å². The van der Waals surface area contributed by atoms with Gasteiger partial charge in [0.15, 0.2) is 5.13 Å². The predicted octanol–water partition coefficient (Wildman–Crippen LogP) is 3.91. The Kier molecular flexibility index (Phi) is 7.58. The quantitative estimate of drug-likeness (QED) is 0.589. The van der Waals surface area contributed by atoms with Crippen LogP contribution in [-0.4, -0.2) is 56.3 Å². The molecule has 2 aromatic rings. The Labute approximate surface area is 160 Å². The monoisotopic (exact) mass is 375 g/mol. The molecule has 0 bridgehead atoms. The van der Waals surface area contributed by atoms with Crippen molar-refractivity contribution in [1.82, 2.24) is 9.88 Å². The van der Waals surface area contributed by atoms with E-state index in [0.717, 1.165) is 50.7 Å². The number of methoxy groups -OCH3 is 1. The number of hydrogen-bond acceptors (Lipinski definition) is 6. The molecule has 5 nitrogen and oxygen atoms in total. The van der Waals surface area contributed by atoms with Crippen LogP contribution in [0.3, 0.4) is 0 Å². The van der Waals surface area contributed by atoms with E-state index in [1.807, 2.05) is 30.5 Å². The molecule has 1 aromatic carbocycles. The largest absolute Gasteiger partial charge is 0.497 e. The van der Waals surface area contributed by atoms with Gasteiger partial charge in [0, 0.05) is 37.8 Å². The first-order chi connectivity index (χ1) is 12.8. The zero-order valence-corrected chi connectivity index (χ0v) is 16.4. The summed E-state index contributed by atoms with van der Waals surface area (Å²) in [6.07, 6.45) is 6.79. The highest BCUT2D eigenvalue weighted by molar-refractivity contribution is 7.13. The van der Waals surface area contributed by atoms with Crippen LogP contribution in [0.15, 0.2) is 35.8 Å². The zero-order chi connectivity index (χ0) is 18.0. The first kappa shape index (κ1) is 19.0. The summed E-state index contributed by atoms with van der Waals surface area (Å²) in [5, 5.41) is 3.22. The van der Waals surface area contributed by atoms with Crippen molar-refractivity contribution >= 4 is 16.5 Å². The number of nitrogens with zero attached hydrogens (tertiary/aromatic N) is 3. The van der Waals surface area contributed by atoms with Crippen LogP contribution in [0.2, 0.25) is 0 Å². The molecule has 0 unspecified atom stereocenters. The summed E-state index contributed by atoms with van der Waals surface area (Å²) >= 11 is 1.74. The minimum absolute atomic E-state index is 0.790. The number of aromatic nitrogens is 1. The van der Waals surface area contributed by atoms with Crippen molar-refractivity contribution < 1.29 is 9.47 Å². The highest BCUT2D eigenvalue weighted by atomic mass is 32.1. The van der Waals surface area contributed by atoms with E-state index in [1.54, 1.807) is 18.4 Å². The van der Waals surface area contributed by atoms with E-state index in [-0.39, 0.29) is 0 Å². The molecule has 1 aromatic heterocycles. The number of ether oxygens (including phenoxy) is 2. The van der Waals surface area contributed by atoms with E-state index in [4.69, 9.17) is 9.47 Å². The Balaban J connectivity index is 1.19. The second kappa shape index (κ2) is 10.4. The van der Waals surface area contributed by atoms with Crippen LogP contribution in [0, 0.1) is 0 Å². The molecule has 142 valence electrons. The minimum atomic E-state index is 0.790. The summed E-state index contributed by atoms with van der Waals surface area (Å²) < 4.78 is 10.9. The van der Waals surface area contributed by atoms with Crippen LogP contribution < -0.4 is 14.4 Å². The maximum Gasteiger partial charge on any atom is 0.185 e. The first-order valence-electron chi connectivity index (χ1n) is 9.49.